The molecule has 0 spiro atoms. The van der Waals surface area contributed by atoms with Crippen LogP contribution in [-0.2, 0) is 16.1 Å². The fraction of sp³-hybridized carbons (Fsp3) is 0.115. The number of hydrogen-bond donors (Lipinski definition) is 0. The van der Waals surface area contributed by atoms with Crippen LogP contribution in [0.5, 0.6) is 0 Å². The van der Waals surface area contributed by atoms with Gasteiger partial charge in [-0.15, -0.1) is 11.3 Å². The van der Waals surface area contributed by atoms with Crippen molar-refractivity contribution in [2.45, 2.75) is 19.6 Å². The molecule has 1 aliphatic rings. The minimum atomic E-state index is -0.665. The van der Waals surface area contributed by atoms with E-state index in [9.17, 15) is 14.0 Å². The summed E-state index contributed by atoms with van der Waals surface area (Å²) >= 11 is 2.62. The summed E-state index contributed by atoms with van der Waals surface area (Å²) in [5, 5.41) is 1.90. The smallest absolute Gasteiger partial charge is 0.338 e. The lowest BCUT2D eigenvalue weighted by Crippen LogP contribution is -2.39. The molecule has 0 fully saturated rings. The highest BCUT2D eigenvalue weighted by molar-refractivity contribution is 7.10. The van der Waals surface area contributed by atoms with Crippen molar-refractivity contribution in [3.63, 3.8) is 0 Å². The number of thiazole rings is 1. The molecular formula is C26H19FN2O3S2. The van der Waals surface area contributed by atoms with Crippen LogP contribution >= 0.6 is 22.7 Å². The Bertz CT molecular complexity index is 1570. The van der Waals surface area contributed by atoms with Gasteiger partial charge in [-0.3, -0.25) is 9.36 Å². The van der Waals surface area contributed by atoms with Gasteiger partial charge in [-0.05, 0) is 36.1 Å². The van der Waals surface area contributed by atoms with Gasteiger partial charge in [0.25, 0.3) is 5.56 Å². The second-order valence-electron chi connectivity index (χ2n) is 7.68. The second-order valence-corrected chi connectivity index (χ2v) is 9.67. The minimum absolute atomic E-state index is 0.116. The molecule has 0 saturated heterocycles. The molecule has 1 atom stereocenters. The number of thiophene rings is 1. The number of fused-ring (bicyclic) bond motifs is 1. The van der Waals surface area contributed by atoms with Crippen LogP contribution in [0.2, 0.25) is 0 Å². The number of esters is 1. The van der Waals surface area contributed by atoms with Crippen molar-refractivity contribution in [3.05, 3.63) is 125 Å². The molecular weight excluding hydrogens is 471 g/mol. The lowest BCUT2D eigenvalue weighted by atomic mass is 10.0. The summed E-state index contributed by atoms with van der Waals surface area (Å²) in [6, 6.07) is 18.8. The first-order valence-corrected chi connectivity index (χ1v) is 12.2. The monoisotopic (exact) mass is 490 g/mol. The number of halogens is 1. The van der Waals surface area contributed by atoms with Crippen molar-refractivity contribution >= 4 is 34.7 Å². The summed E-state index contributed by atoms with van der Waals surface area (Å²) in [6.07, 6.45) is 1.53. The highest BCUT2D eigenvalue weighted by Gasteiger charge is 2.34. The molecule has 2 aromatic carbocycles. The normalized spacial score (nSPS) is 15.7. The highest BCUT2D eigenvalue weighted by Crippen LogP contribution is 2.33. The molecule has 8 heteroatoms. The maximum atomic E-state index is 14.2. The van der Waals surface area contributed by atoms with Gasteiger partial charge in [-0.1, -0.05) is 65.9 Å². The number of carbonyl (C=O) groups excluding carboxylic acids is 1. The molecule has 4 aromatic rings. The van der Waals surface area contributed by atoms with E-state index >= 15 is 0 Å². The number of allylic oxidation sites excluding steroid dienone is 1. The lowest BCUT2D eigenvalue weighted by Gasteiger charge is -2.23. The van der Waals surface area contributed by atoms with E-state index in [-0.39, 0.29) is 12.2 Å². The van der Waals surface area contributed by atoms with Crippen LogP contribution in [0.25, 0.3) is 6.08 Å². The third-order valence-electron chi connectivity index (χ3n) is 5.46. The first kappa shape index (κ1) is 22.2. The third-order valence-corrected chi connectivity index (χ3v) is 7.37. The maximum Gasteiger partial charge on any atom is 0.338 e. The van der Waals surface area contributed by atoms with Crippen LogP contribution in [0.4, 0.5) is 4.39 Å². The number of hydrogen-bond acceptors (Lipinski definition) is 6. The number of carbonyl (C=O) groups is 1. The predicted octanol–water partition coefficient (Wildman–Crippen LogP) is 4.18. The SMILES string of the molecule is CC1=C(C(=O)OCc2ccccc2)C(c2cccs2)n2c(sc(=Cc3ccccc3F)c2=O)=N1. The second kappa shape index (κ2) is 9.32. The number of rotatable bonds is 5. The van der Waals surface area contributed by atoms with Crippen LogP contribution in [-0.4, -0.2) is 10.5 Å². The largest absolute Gasteiger partial charge is 0.457 e. The summed E-state index contributed by atoms with van der Waals surface area (Å²) in [4.78, 5) is 32.6. The average Bonchev–Trinajstić information content (AvgIpc) is 3.47. The molecule has 170 valence electrons. The van der Waals surface area contributed by atoms with Crippen LogP contribution < -0.4 is 14.9 Å². The highest BCUT2D eigenvalue weighted by atomic mass is 32.1. The van der Waals surface area contributed by atoms with Gasteiger partial charge in [0.15, 0.2) is 4.80 Å². The number of nitrogens with zero attached hydrogens (tertiary/aromatic N) is 2. The van der Waals surface area contributed by atoms with Crippen LogP contribution in [0, 0.1) is 5.82 Å². The van der Waals surface area contributed by atoms with E-state index in [1.165, 1.54) is 39.4 Å². The summed E-state index contributed by atoms with van der Waals surface area (Å²) in [5.74, 6) is -0.934. The summed E-state index contributed by atoms with van der Waals surface area (Å²) in [7, 11) is 0. The van der Waals surface area contributed by atoms with E-state index in [4.69, 9.17) is 4.74 Å². The Kier molecular flexibility index (Phi) is 6.08. The summed E-state index contributed by atoms with van der Waals surface area (Å²) < 4.78 is 21.7. The van der Waals surface area contributed by atoms with Gasteiger partial charge in [0.2, 0.25) is 0 Å². The average molecular weight is 491 g/mol. The first-order chi connectivity index (χ1) is 16.5. The van der Waals surface area contributed by atoms with Gasteiger partial charge in [0.1, 0.15) is 18.5 Å². The molecule has 3 heterocycles. The van der Waals surface area contributed by atoms with Crippen molar-refractivity contribution in [2.75, 3.05) is 0 Å². The Morgan fingerprint density at radius 2 is 1.88 bits per heavy atom. The zero-order valence-electron chi connectivity index (χ0n) is 18.1. The molecule has 1 aliphatic heterocycles. The van der Waals surface area contributed by atoms with Gasteiger partial charge in [-0.2, -0.15) is 0 Å². The predicted molar refractivity (Wildman–Crippen MR) is 131 cm³/mol. The number of aromatic nitrogens is 1. The molecule has 0 N–H and O–H groups in total. The van der Waals surface area contributed by atoms with Crippen LogP contribution in [0.3, 0.4) is 0 Å². The van der Waals surface area contributed by atoms with Crippen molar-refractivity contribution in [1.82, 2.24) is 4.57 Å². The third kappa shape index (κ3) is 4.18. The molecule has 34 heavy (non-hydrogen) atoms. The number of ether oxygens (including phenoxy) is 1. The van der Waals surface area contributed by atoms with Gasteiger partial charge in [0, 0.05) is 10.4 Å². The fourth-order valence-corrected chi connectivity index (χ4v) is 5.69. The summed E-state index contributed by atoms with van der Waals surface area (Å²) in [5.41, 5.74) is 1.67. The molecule has 1 unspecified atom stereocenters. The van der Waals surface area contributed by atoms with E-state index in [1.807, 2.05) is 47.8 Å². The Morgan fingerprint density at radius 1 is 1.12 bits per heavy atom. The Morgan fingerprint density at radius 3 is 2.62 bits per heavy atom. The Hall–Kier alpha value is -3.62. The fourth-order valence-electron chi connectivity index (χ4n) is 3.83. The maximum absolute atomic E-state index is 14.2. The Labute approximate surface area is 202 Å². The van der Waals surface area contributed by atoms with Crippen molar-refractivity contribution < 1.29 is 13.9 Å². The zero-order chi connectivity index (χ0) is 23.7. The molecule has 0 aliphatic carbocycles. The van der Waals surface area contributed by atoms with Crippen molar-refractivity contribution in [2.24, 2.45) is 4.99 Å². The molecule has 2 aromatic heterocycles. The van der Waals surface area contributed by atoms with Gasteiger partial charge >= 0.3 is 5.97 Å². The van der Waals surface area contributed by atoms with Crippen molar-refractivity contribution in [1.29, 1.82) is 0 Å². The van der Waals surface area contributed by atoms with Crippen LogP contribution in [0.15, 0.2) is 93.2 Å². The van der Waals surface area contributed by atoms with Gasteiger partial charge in [-0.25, -0.2) is 14.2 Å². The molecule has 0 saturated carbocycles. The molecule has 0 amide bonds. The van der Waals surface area contributed by atoms with E-state index in [0.717, 1.165) is 10.4 Å². The van der Waals surface area contributed by atoms with E-state index in [0.29, 0.717) is 26.2 Å². The molecule has 5 rings (SSSR count). The lowest BCUT2D eigenvalue weighted by molar-refractivity contribution is -0.140. The molecule has 0 bridgehead atoms. The molecule has 0 radical (unpaired) electrons. The standard InChI is InChI=1S/C26H19FN2O3S2/c1-16-22(25(31)32-15-17-8-3-2-4-9-17)23(20-12-7-13-33-20)29-24(30)21(34-26(29)28-16)14-18-10-5-6-11-19(18)27/h2-14,23H,15H2,1H3. The zero-order valence-corrected chi connectivity index (χ0v) is 19.7. The van der Waals surface area contributed by atoms with E-state index in [2.05, 4.69) is 4.99 Å². The summed E-state index contributed by atoms with van der Waals surface area (Å²) in [6.45, 7) is 1.86. The minimum Gasteiger partial charge on any atom is -0.457 e. The van der Waals surface area contributed by atoms with Gasteiger partial charge < -0.3 is 4.74 Å². The van der Waals surface area contributed by atoms with E-state index < -0.39 is 17.8 Å². The van der Waals surface area contributed by atoms with Crippen molar-refractivity contribution in [3.8, 4) is 0 Å². The first-order valence-electron chi connectivity index (χ1n) is 10.5. The topological polar surface area (TPSA) is 60.7 Å². The molecule has 5 nitrogen and oxygen atoms in total. The van der Waals surface area contributed by atoms with Gasteiger partial charge in [0.05, 0.1) is 15.8 Å². The quantitative estimate of drug-likeness (QED) is 0.395. The van der Waals surface area contributed by atoms with Crippen LogP contribution in [0.1, 0.15) is 29.0 Å². The van der Waals surface area contributed by atoms with E-state index in [1.54, 1.807) is 25.1 Å². The Balaban J connectivity index is 1.60. The number of benzene rings is 2.